The number of nitrogens with one attached hydrogen (secondary N) is 1. The van der Waals surface area contributed by atoms with Crippen LogP contribution in [-0.2, 0) is 6.61 Å². The molecule has 122 valence electrons. The summed E-state index contributed by atoms with van der Waals surface area (Å²) < 4.78 is 27.9. The van der Waals surface area contributed by atoms with E-state index in [1.807, 2.05) is 0 Å². The highest BCUT2D eigenvalue weighted by atomic mass is 19.1. The number of hydrogen-bond donors (Lipinski definition) is 3. The van der Waals surface area contributed by atoms with E-state index < -0.39 is 17.5 Å². The fourth-order valence-electron chi connectivity index (χ4n) is 2.42. The number of primary amides is 1. The molecule has 4 N–H and O–H groups in total. The van der Waals surface area contributed by atoms with Gasteiger partial charge in [0.05, 0.1) is 12.2 Å². The Morgan fingerprint density at radius 2 is 1.83 bits per heavy atom. The van der Waals surface area contributed by atoms with Gasteiger partial charge in [-0.25, -0.2) is 13.8 Å². The van der Waals surface area contributed by atoms with E-state index in [4.69, 9.17) is 5.73 Å². The Hall–Kier alpha value is -3.06. The van der Waals surface area contributed by atoms with E-state index in [1.165, 1.54) is 6.07 Å². The molecule has 0 radical (unpaired) electrons. The second-order valence-electron chi connectivity index (χ2n) is 5.13. The number of halogens is 2. The lowest BCUT2D eigenvalue weighted by Gasteiger charge is -2.02. The summed E-state index contributed by atoms with van der Waals surface area (Å²) in [5.41, 5.74) is 6.16. The number of amides is 1. The normalized spacial score (nSPS) is 10.8. The molecule has 0 spiro atoms. The van der Waals surface area contributed by atoms with Crippen LogP contribution in [0.15, 0.2) is 42.5 Å². The molecule has 0 unspecified atom stereocenters. The van der Waals surface area contributed by atoms with Crippen molar-refractivity contribution >= 4 is 5.91 Å². The number of H-pyrrole nitrogens is 1. The number of aliphatic hydroxyl groups excluding tert-OH is 1. The standard InChI is InChI=1S/C17H13F2N3O2/c18-11-5-2-6-12(19)13(11)17-21-14(15(22-17)16(20)24)10-4-1-3-9(7-10)8-23/h1-7,23H,8H2,(H2,20,24)(H,21,22). The Balaban J connectivity index is 2.21. The van der Waals surface area contributed by atoms with Crippen LogP contribution in [0.3, 0.4) is 0 Å². The Bertz CT molecular complexity index is 902. The molecule has 0 saturated heterocycles. The second-order valence-corrected chi connectivity index (χ2v) is 5.13. The summed E-state index contributed by atoms with van der Waals surface area (Å²) in [5.74, 6) is -2.57. The minimum atomic E-state index is -0.810. The quantitative estimate of drug-likeness (QED) is 0.687. The number of imidazole rings is 1. The number of nitrogens with zero attached hydrogens (tertiary/aromatic N) is 1. The number of aliphatic hydroxyl groups is 1. The molecular formula is C17H13F2N3O2. The number of aromatic nitrogens is 2. The van der Waals surface area contributed by atoms with Gasteiger partial charge in [0.1, 0.15) is 28.8 Å². The van der Waals surface area contributed by atoms with Gasteiger partial charge in [0.25, 0.3) is 5.91 Å². The highest BCUT2D eigenvalue weighted by Crippen LogP contribution is 2.29. The third-order valence-electron chi connectivity index (χ3n) is 3.53. The van der Waals surface area contributed by atoms with Gasteiger partial charge in [-0.05, 0) is 23.8 Å². The minimum absolute atomic E-state index is 0.0669. The molecular weight excluding hydrogens is 316 g/mol. The first-order chi connectivity index (χ1) is 11.5. The maximum Gasteiger partial charge on any atom is 0.267 e. The van der Waals surface area contributed by atoms with Crippen LogP contribution in [0.1, 0.15) is 16.1 Å². The van der Waals surface area contributed by atoms with Gasteiger partial charge in [-0.3, -0.25) is 4.79 Å². The number of hydrogen-bond acceptors (Lipinski definition) is 3. The zero-order chi connectivity index (χ0) is 17.3. The number of nitrogens with two attached hydrogens (primary N) is 1. The predicted molar refractivity (Wildman–Crippen MR) is 83.8 cm³/mol. The van der Waals surface area contributed by atoms with Gasteiger partial charge < -0.3 is 15.8 Å². The molecule has 0 aliphatic carbocycles. The highest BCUT2D eigenvalue weighted by molar-refractivity contribution is 5.98. The molecule has 1 amide bonds. The zero-order valence-corrected chi connectivity index (χ0v) is 12.4. The van der Waals surface area contributed by atoms with Crippen molar-refractivity contribution in [3.8, 4) is 22.6 Å². The van der Waals surface area contributed by atoms with Crippen LogP contribution < -0.4 is 5.73 Å². The lowest BCUT2D eigenvalue weighted by Crippen LogP contribution is -2.12. The van der Waals surface area contributed by atoms with E-state index in [9.17, 15) is 18.7 Å². The third-order valence-corrected chi connectivity index (χ3v) is 3.53. The average Bonchev–Trinajstić information content (AvgIpc) is 3.00. The Labute approximate surface area is 135 Å². The van der Waals surface area contributed by atoms with Gasteiger partial charge in [0.15, 0.2) is 0 Å². The SMILES string of the molecule is NC(=O)c1[nH]c(-c2c(F)cccc2F)nc1-c1cccc(CO)c1. The van der Waals surface area contributed by atoms with Crippen molar-refractivity contribution < 1.29 is 18.7 Å². The molecule has 0 bridgehead atoms. The van der Waals surface area contributed by atoms with Crippen molar-refractivity contribution in [2.24, 2.45) is 5.73 Å². The monoisotopic (exact) mass is 329 g/mol. The van der Waals surface area contributed by atoms with Crippen molar-refractivity contribution in [1.82, 2.24) is 9.97 Å². The van der Waals surface area contributed by atoms with Crippen molar-refractivity contribution in [2.45, 2.75) is 6.61 Å². The molecule has 1 heterocycles. The molecule has 3 aromatic rings. The van der Waals surface area contributed by atoms with E-state index in [2.05, 4.69) is 9.97 Å². The maximum atomic E-state index is 14.0. The summed E-state index contributed by atoms with van der Waals surface area (Å²) in [6.45, 7) is -0.195. The van der Waals surface area contributed by atoms with E-state index >= 15 is 0 Å². The number of carbonyl (C=O) groups is 1. The van der Waals surface area contributed by atoms with E-state index in [0.29, 0.717) is 11.1 Å². The lowest BCUT2D eigenvalue weighted by molar-refractivity contribution is 0.0996. The zero-order valence-electron chi connectivity index (χ0n) is 12.4. The summed E-state index contributed by atoms with van der Waals surface area (Å²) in [5, 5.41) is 9.22. The average molecular weight is 329 g/mol. The summed E-state index contributed by atoms with van der Waals surface area (Å²) in [7, 11) is 0. The summed E-state index contributed by atoms with van der Waals surface area (Å²) >= 11 is 0. The smallest absolute Gasteiger partial charge is 0.267 e. The highest BCUT2D eigenvalue weighted by Gasteiger charge is 2.21. The van der Waals surface area contributed by atoms with Crippen molar-refractivity contribution in [3.05, 3.63) is 65.4 Å². The number of benzene rings is 2. The van der Waals surface area contributed by atoms with Gasteiger partial charge in [-0.1, -0.05) is 24.3 Å². The van der Waals surface area contributed by atoms with Gasteiger partial charge in [0, 0.05) is 5.56 Å². The number of carbonyl (C=O) groups excluding carboxylic acids is 1. The molecule has 0 saturated carbocycles. The largest absolute Gasteiger partial charge is 0.392 e. The first-order valence-electron chi connectivity index (χ1n) is 7.05. The van der Waals surface area contributed by atoms with E-state index in [0.717, 1.165) is 12.1 Å². The molecule has 0 fully saturated rings. The van der Waals surface area contributed by atoms with E-state index in [-0.39, 0.29) is 29.4 Å². The molecule has 1 aromatic heterocycles. The molecule has 0 atom stereocenters. The van der Waals surface area contributed by atoms with Gasteiger partial charge in [0.2, 0.25) is 0 Å². The molecule has 5 nitrogen and oxygen atoms in total. The van der Waals surface area contributed by atoms with Crippen LogP contribution in [0.4, 0.5) is 8.78 Å². The summed E-state index contributed by atoms with van der Waals surface area (Å²) in [4.78, 5) is 18.4. The van der Waals surface area contributed by atoms with Crippen LogP contribution in [0, 0.1) is 11.6 Å². The van der Waals surface area contributed by atoms with Crippen molar-refractivity contribution in [2.75, 3.05) is 0 Å². The van der Waals surface area contributed by atoms with Crippen LogP contribution >= 0.6 is 0 Å². The van der Waals surface area contributed by atoms with Crippen LogP contribution in [-0.4, -0.2) is 21.0 Å². The third kappa shape index (κ3) is 2.77. The molecule has 3 rings (SSSR count). The molecule has 7 heteroatoms. The molecule has 0 aliphatic heterocycles. The van der Waals surface area contributed by atoms with Crippen LogP contribution in [0.25, 0.3) is 22.6 Å². The topological polar surface area (TPSA) is 92.0 Å². The van der Waals surface area contributed by atoms with E-state index in [1.54, 1.807) is 24.3 Å². The lowest BCUT2D eigenvalue weighted by atomic mass is 10.1. The van der Waals surface area contributed by atoms with Gasteiger partial charge in [-0.15, -0.1) is 0 Å². The van der Waals surface area contributed by atoms with Gasteiger partial charge in [-0.2, -0.15) is 0 Å². The predicted octanol–water partition coefficient (Wildman–Crippen LogP) is 2.61. The Morgan fingerprint density at radius 1 is 1.17 bits per heavy atom. The molecule has 24 heavy (non-hydrogen) atoms. The summed E-state index contributed by atoms with van der Waals surface area (Å²) in [6, 6.07) is 10.1. The first kappa shape index (κ1) is 15.8. The van der Waals surface area contributed by atoms with Crippen molar-refractivity contribution in [1.29, 1.82) is 0 Å². The molecule has 2 aromatic carbocycles. The first-order valence-corrected chi connectivity index (χ1v) is 7.05. The fourth-order valence-corrected chi connectivity index (χ4v) is 2.42. The number of aromatic amines is 1. The van der Waals surface area contributed by atoms with Crippen molar-refractivity contribution in [3.63, 3.8) is 0 Å². The van der Waals surface area contributed by atoms with Gasteiger partial charge >= 0.3 is 0 Å². The molecule has 0 aliphatic rings. The minimum Gasteiger partial charge on any atom is -0.392 e. The Kier molecular flexibility index (Phi) is 4.09. The maximum absolute atomic E-state index is 14.0. The summed E-state index contributed by atoms with van der Waals surface area (Å²) in [6.07, 6.45) is 0. The second kappa shape index (κ2) is 6.21. The van der Waals surface area contributed by atoms with Crippen LogP contribution in [0.5, 0.6) is 0 Å². The van der Waals surface area contributed by atoms with Crippen LogP contribution in [0.2, 0.25) is 0 Å². The number of rotatable bonds is 4. The Morgan fingerprint density at radius 3 is 2.46 bits per heavy atom. The fraction of sp³-hybridized carbons (Fsp3) is 0.0588.